The van der Waals surface area contributed by atoms with E-state index in [1.54, 1.807) is 18.1 Å². The van der Waals surface area contributed by atoms with Gasteiger partial charge in [0.25, 0.3) is 0 Å². The Morgan fingerprint density at radius 3 is 2.47 bits per heavy atom. The molecular weight excluding hydrogens is 625 g/mol. The summed E-state index contributed by atoms with van der Waals surface area (Å²) in [5.41, 5.74) is 11.6. The molecule has 1 aliphatic heterocycles. The van der Waals surface area contributed by atoms with Gasteiger partial charge in [-0.15, -0.1) is 11.3 Å². The van der Waals surface area contributed by atoms with E-state index in [0.717, 1.165) is 11.3 Å². The number of anilines is 4. The first-order valence-electron chi connectivity index (χ1n) is 13.8. The van der Waals surface area contributed by atoms with Crippen LogP contribution in [0.2, 0.25) is 5.02 Å². The lowest BCUT2D eigenvalue weighted by Crippen LogP contribution is -2.67. The number of nitrogen functional groups attached to an aromatic ring is 2. The molecule has 0 spiro atoms. The van der Waals surface area contributed by atoms with E-state index in [1.165, 1.54) is 12.4 Å². The van der Waals surface area contributed by atoms with Gasteiger partial charge < -0.3 is 26.2 Å². The molecule has 15 heteroatoms. The van der Waals surface area contributed by atoms with Crippen molar-refractivity contribution in [1.29, 1.82) is 5.26 Å². The molecule has 1 aliphatic rings. The quantitative estimate of drug-likeness (QED) is 0.233. The number of nitrogens with zero attached hydrogens (tertiary/aromatic N) is 8. The number of nitrogens with two attached hydrogens (primary N) is 2. The molecule has 6 rings (SSSR count). The molecule has 10 nitrogen and oxygen atoms in total. The normalized spacial score (nSPS) is 15.0. The number of thiophene rings is 1. The van der Waals surface area contributed by atoms with E-state index in [0.29, 0.717) is 30.5 Å². The number of nitriles is 1. The fourth-order valence-corrected chi connectivity index (χ4v) is 6.87. The van der Waals surface area contributed by atoms with Crippen LogP contribution in [0.1, 0.15) is 31.0 Å². The number of benzene rings is 2. The van der Waals surface area contributed by atoms with Crippen LogP contribution < -0.4 is 21.3 Å². The smallest absolute Gasteiger partial charge is 0.228 e. The average Bonchev–Trinajstić information content (AvgIpc) is 3.32. The van der Waals surface area contributed by atoms with Gasteiger partial charge in [0, 0.05) is 59.9 Å². The maximum absolute atomic E-state index is 16.9. The van der Waals surface area contributed by atoms with Crippen LogP contribution in [0.4, 0.5) is 35.8 Å². The Morgan fingerprint density at radius 1 is 1.11 bits per heavy atom. The first-order valence-corrected chi connectivity index (χ1v) is 15.0. The Labute approximate surface area is 265 Å². The number of aromatic nitrogens is 4. The van der Waals surface area contributed by atoms with Gasteiger partial charge in [-0.05, 0) is 34.0 Å². The topological polar surface area (TPSA) is 137 Å². The van der Waals surface area contributed by atoms with E-state index in [1.807, 2.05) is 32.0 Å². The van der Waals surface area contributed by atoms with E-state index >= 15 is 8.78 Å². The Bertz CT molecular complexity index is 2050. The van der Waals surface area contributed by atoms with E-state index in [2.05, 4.69) is 26.8 Å². The van der Waals surface area contributed by atoms with Crippen LogP contribution in [0.25, 0.3) is 32.1 Å². The third-order valence-electron chi connectivity index (χ3n) is 8.67. The number of hydrogen-bond acceptors (Lipinski definition) is 11. The molecule has 1 fully saturated rings. The summed E-state index contributed by atoms with van der Waals surface area (Å²) in [6.45, 7) is 5.10. The Balaban J connectivity index is 1.62. The van der Waals surface area contributed by atoms with E-state index < -0.39 is 23.5 Å². The highest BCUT2D eigenvalue weighted by Crippen LogP contribution is 2.47. The number of fused-ring (bicyclic) bond motifs is 2. The second kappa shape index (κ2) is 10.9. The van der Waals surface area contributed by atoms with Crippen LogP contribution in [-0.2, 0) is 0 Å². The summed E-state index contributed by atoms with van der Waals surface area (Å²) >= 11 is 7.50. The van der Waals surface area contributed by atoms with Crippen molar-refractivity contribution in [2.75, 3.05) is 55.5 Å². The van der Waals surface area contributed by atoms with Crippen molar-refractivity contribution < 1.29 is 13.2 Å². The summed E-state index contributed by atoms with van der Waals surface area (Å²) in [5, 5.41) is 9.68. The summed E-state index contributed by atoms with van der Waals surface area (Å²) in [7, 11) is 5.72. The predicted molar refractivity (Wildman–Crippen MR) is 172 cm³/mol. The summed E-state index contributed by atoms with van der Waals surface area (Å²) < 4.78 is 47.3. The molecule has 4 N–H and O–H groups in total. The minimum atomic E-state index is -1.10. The molecule has 0 aliphatic carbocycles. The molecule has 4 heterocycles. The molecule has 1 atom stereocenters. The van der Waals surface area contributed by atoms with Gasteiger partial charge in [-0.3, -0.25) is 0 Å². The zero-order valence-electron chi connectivity index (χ0n) is 25.0. The third kappa shape index (κ3) is 4.73. The number of hydrogen-bond donors (Lipinski definition) is 2. The lowest BCUT2D eigenvalue weighted by atomic mass is 9.91. The summed E-state index contributed by atoms with van der Waals surface area (Å²) in [4.78, 5) is 23.5. The van der Waals surface area contributed by atoms with Gasteiger partial charge in [0.2, 0.25) is 5.95 Å². The molecule has 5 aromatic rings. The van der Waals surface area contributed by atoms with Crippen molar-refractivity contribution in [3.63, 3.8) is 0 Å². The Hall–Kier alpha value is -4.45. The highest BCUT2D eigenvalue weighted by Gasteiger charge is 2.42. The summed E-state index contributed by atoms with van der Waals surface area (Å²) in [6, 6.07) is 3.56. The molecule has 0 saturated carbocycles. The number of likely N-dealkylation sites (N-methyl/N-ethyl adjacent to an activating group) is 1. The second-order valence-electron chi connectivity index (χ2n) is 11.6. The molecule has 0 radical (unpaired) electrons. The van der Waals surface area contributed by atoms with Crippen molar-refractivity contribution in [3.05, 3.63) is 58.3 Å². The van der Waals surface area contributed by atoms with E-state index in [9.17, 15) is 9.65 Å². The average molecular weight is 653 g/mol. The molecular formula is C30H28ClF3N10S. The van der Waals surface area contributed by atoms with Gasteiger partial charge in [0.1, 0.15) is 46.2 Å². The second-order valence-corrected chi connectivity index (χ2v) is 13.0. The third-order valence-corrected chi connectivity index (χ3v) is 10.00. The van der Waals surface area contributed by atoms with Crippen LogP contribution in [0.3, 0.4) is 0 Å². The van der Waals surface area contributed by atoms with Gasteiger partial charge in [-0.25, -0.2) is 28.1 Å². The minimum Gasteiger partial charge on any atom is -0.389 e. The molecule has 45 heavy (non-hydrogen) atoms. The number of rotatable bonds is 6. The first kappa shape index (κ1) is 30.6. The van der Waals surface area contributed by atoms with Crippen molar-refractivity contribution in [2.24, 2.45) is 0 Å². The highest BCUT2D eigenvalue weighted by molar-refractivity contribution is 7.23. The lowest BCUT2D eigenvalue weighted by molar-refractivity contribution is 0.132. The fourth-order valence-electron chi connectivity index (χ4n) is 5.65. The molecule has 1 saturated heterocycles. The zero-order valence-corrected chi connectivity index (χ0v) is 26.5. The molecule has 0 bridgehead atoms. The largest absolute Gasteiger partial charge is 0.389 e. The van der Waals surface area contributed by atoms with Gasteiger partial charge in [0.15, 0.2) is 5.82 Å². The highest BCUT2D eigenvalue weighted by atomic mass is 35.5. The lowest BCUT2D eigenvalue weighted by Gasteiger charge is -2.52. The van der Waals surface area contributed by atoms with Crippen molar-refractivity contribution in [2.45, 2.75) is 25.4 Å². The molecule has 3 aromatic heterocycles. The molecule has 0 unspecified atom stereocenters. The maximum atomic E-state index is 16.9. The fraction of sp³-hybridized carbons (Fsp3) is 0.300. The SMILES string of the molecule is C[C@H](c1cncnc1N)N(C)c1nc(N2CC(C)(N(C)C)C2)nc2c(F)c(-c3c(F)cc(F)c4sc(N)c(C#N)c34)c(Cl)cc12. The van der Waals surface area contributed by atoms with Crippen LogP contribution >= 0.6 is 22.9 Å². The first-order chi connectivity index (χ1) is 21.3. The zero-order chi connectivity index (χ0) is 32.5. The van der Waals surface area contributed by atoms with Crippen LogP contribution in [0.15, 0.2) is 24.7 Å². The van der Waals surface area contributed by atoms with Crippen molar-refractivity contribution in [3.8, 4) is 17.2 Å². The van der Waals surface area contributed by atoms with Gasteiger partial charge in [0.05, 0.1) is 26.9 Å². The van der Waals surface area contributed by atoms with Gasteiger partial charge >= 0.3 is 0 Å². The maximum Gasteiger partial charge on any atom is 0.228 e. The van der Waals surface area contributed by atoms with Crippen LogP contribution in [0.5, 0.6) is 0 Å². The van der Waals surface area contributed by atoms with Crippen molar-refractivity contribution in [1.82, 2.24) is 24.8 Å². The van der Waals surface area contributed by atoms with Crippen LogP contribution in [-0.4, -0.2) is 64.6 Å². The monoisotopic (exact) mass is 652 g/mol. The summed E-state index contributed by atoms with van der Waals surface area (Å²) in [5.74, 6) is -2.12. The Morgan fingerprint density at radius 2 is 1.82 bits per heavy atom. The summed E-state index contributed by atoms with van der Waals surface area (Å²) in [6.07, 6.45) is 2.94. The Kier molecular flexibility index (Phi) is 7.38. The predicted octanol–water partition coefficient (Wildman–Crippen LogP) is 5.75. The van der Waals surface area contributed by atoms with E-state index in [4.69, 9.17) is 28.1 Å². The molecule has 232 valence electrons. The molecule has 0 amide bonds. The van der Waals surface area contributed by atoms with Crippen molar-refractivity contribution >= 4 is 66.5 Å². The van der Waals surface area contributed by atoms with Gasteiger partial charge in [-0.1, -0.05) is 11.6 Å². The standard InChI is InChI=1S/C30H28ClF3N10S/c1-13(16-9-38-12-39-26(16)36)43(5)28-14-6-17(31)21(22-18(32)7-19(33)25-20(22)15(8-35)27(37)45-25)23(34)24(14)40-29(41-28)44-10-30(2,11-44)42(3)4/h6-7,9,12-13H,10-11,37H2,1-5H3,(H2,36,38,39)/t13-/m1/s1. The molecule has 2 aromatic carbocycles. The van der Waals surface area contributed by atoms with E-state index in [-0.39, 0.29) is 65.0 Å². The van der Waals surface area contributed by atoms with Crippen LogP contribution in [0, 0.1) is 28.8 Å². The minimum absolute atomic E-state index is 0.0241. The number of halogens is 4. The van der Waals surface area contributed by atoms with Gasteiger partial charge in [-0.2, -0.15) is 10.2 Å².